The number of nitrogens with zero attached hydrogens (tertiary/aromatic N) is 3. The molecule has 3 amide bonds. The summed E-state index contributed by atoms with van der Waals surface area (Å²) in [7, 11) is 7.69. The third-order valence-corrected chi connectivity index (χ3v) is 10.1. The summed E-state index contributed by atoms with van der Waals surface area (Å²) < 4.78 is 38.1. The molecular formula is C47H62N6O13S. The number of hydrogen-bond donors (Lipinski definition) is 5. The number of phenolic OH excluding ortho intramolecular Hbond substituents is 1. The van der Waals surface area contributed by atoms with Gasteiger partial charge in [-0.05, 0) is 102 Å². The van der Waals surface area contributed by atoms with E-state index in [0.29, 0.717) is 53.9 Å². The predicted octanol–water partition coefficient (Wildman–Crippen LogP) is 6.44. The van der Waals surface area contributed by atoms with E-state index < -0.39 is 24.1 Å². The number of phenols is 1. The quantitative estimate of drug-likeness (QED) is 0.0300. The van der Waals surface area contributed by atoms with Crippen molar-refractivity contribution < 1.29 is 62.5 Å². The lowest BCUT2D eigenvalue weighted by Gasteiger charge is -2.14. The molecule has 0 spiro atoms. The number of para-hydroxylation sites is 1. The minimum atomic E-state index is -0.695. The van der Waals surface area contributed by atoms with E-state index in [-0.39, 0.29) is 92.6 Å². The van der Waals surface area contributed by atoms with Crippen LogP contribution in [0.25, 0.3) is 6.08 Å². The number of aromatic hydroxyl groups is 1. The second-order valence-corrected chi connectivity index (χ2v) is 16.1. The number of rotatable bonds is 28. The lowest BCUT2D eigenvalue weighted by molar-refractivity contribution is -0.138. The summed E-state index contributed by atoms with van der Waals surface area (Å²) in [5.41, 5.74) is 1.82. The lowest BCUT2D eigenvalue weighted by Crippen LogP contribution is -2.28. The van der Waals surface area contributed by atoms with Crippen LogP contribution in [0.15, 0.2) is 88.0 Å². The van der Waals surface area contributed by atoms with Crippen LogP contribution >= 0.6 is 11.8 Å². The van der Waals surface area contributed by atoms with E-state index in [4.69, 9.17) is 33.2 Å². The summed E-state index contributed by atoms with van der Waals surface area (Å²) in [6.45, 7) is 5.67. The highest BCUT2D eigenvalue weighted by Crippen LogP contribution is 2.41. The number of ether oxygens (including phenoxy) is 7. The number of anilines is 2. The Labute approximate surface area is 395 Å². The highest BCUT2D eigenvalue weighted by atomic mass is 32.2. The molecule has 0 fully saturated rings. The van der Waals surface area contributed by atoms with E-state index in [1.165, 1.54) is 24.3 Å². The molecule has 1 heterocycles. The molecular weight excluding hydrogens is 889 g/mol. The summed E-state index contributed by atoms with van der Waals surface area (Å²) >= 11 is 1.12. The second kappa shape index (κ2) is 29.5. The van der Waals surface area contributed by atoms with Crippen LogP contribution in [0.4, 0.5) is 26.7 Å². The average Bonchev–Trinajstić information content (AvgIpc) is 3.59. The highest BCUT2D eigenvalue weighted by molar-refractivity contribution is 8.18. The first kappa shape index (κ1) is 53.5. The molecule has 5 N–H and O–H groups in total. The molecule has 67 heavy (non-hydrogen) atoms. The maximum absolute atomic E-state index is 13.1. The predicted molar refractivity (Wildman–Crippen MR) is 257 cm³/mol. The number of aliphatic imine (C=N–C) groups is 1. The third kappa shape index (κ3) is 20.1. The van der Waals surface area contributed by atoms with Crippen LogP contribution in [-0.2, 0) is 33.2 Å². The number of carbonyl (C=O) groups is 4. The Balaban J connectivity index is 1.12. The number of hydrogen-bond acceptors (Lipinski definition) is 17. The highest BCUT2D eigenvalue weighted by Gasteiger charge is 2.33. The summed E-state index contributed by atoms with van der Waals surface area (Å²) in [5, 5.41) is 29.9. The normalized spacial score (nSPS) is 13.6. The molecule has 0 bridgehead atoms. The van der Waals surface area contributed by atoms with Crippen LogP contribution in [0, 0.1) is 0 Å². The molecule has 0 unspecified atom stereocenters. The number of amides is 3. The van der Waals surface area contributed by atoms with Crippen molar-refractivity contribution in [1.82, 2.24) is 15.1 Å². The number of thioether (sulfide) groups is 1. The molecule has 1 aliphatic rings. The molecule has 0 saturated heterocycles. The molecule has 20 heteroatoms. The lowest BCUT2D eigenvalue weighted by atomic mass is 10.1. The first-order valence-electron chi connectivity index (χ1n) is 21.8. The molecule has 19 nitrogen and oxygen atoms in total. The van der Waals surface area contributed by atoms with Crippen molar-refractivity contribution in [3.63, 3.8) is 0 Å². The van der Waals surface area contributed by atoms with Crippen molar-refractivity contribution in [1.29, 1.82) is 0 Å². The molecule has 4 rings (SSSR count). The van der Waals surface area contributed by atoms with Gasteiger partial charge in [0.2, 0.25) is 0 Å². The van der Waals surface area contributed by atoms with Crippen molar-refractivity contribution in [2.24, 2.45) is 4.99 Å². The van der Waals surface area contributed by atoms with Gasteiger partial charge in [0.1, 0.15) is 23.0 Å². The number of carbonyl (C=O) groups excluding carboxylic acids is 4. The van der Waals surface area contributed by atoms with Gasteiger partial charge >= 0.3 is 18.2 Å². The smallest absolute Gasteiger partial charge is 0.411 e. The minimum absolute atomic E-state index is 0.0239. The zero-order valence-electron chi connectivity index (χ0n) is 38.7. The Morgan fingerprint density at radius 3 is 1.85 bits per heavy atom. The van der Waals surface area contributed by atoms with E-state index >= 15 is 0 Å². The Hall–Kier alpha value is -6.16. The zero-order chi connectivity index (χ0) is 48.4. The third-order valence-electron chi connectivity index (χ3n) is 9.05. The van der Waals surface area contributed by atoms with Gasteiger partial charge in [0, 0.05) is 36.6 Å². The average molecular weight is 951 g/mol. The Morgan fingerprint density at radius 2 is 1.28 bits per heavy atom. The first-order chi connectivity index (χ1) is 32.3. The van der Waals surface area contributed by atoms with Gasteiger partial charge in [-0.25, -0.2) is 19.4 Å². The molecule has 3 aromatic carbocycles. The van der Waals surface area contributed by atoms with Crippen LogP contribution in [0.5, 0.6) is 11.5 Å². The number of benzene rings is 3. The van der Waals surface area contributed by atoms with E-state index in [1.54, 1.807) is 37.3 Å². The van der Waals surface area contributed by atoms with Gasteiger partial charge in [0.15, 0.2) is 11.5 Å². The van der Waals surface area contributed by atoms with E-state index in [0.717, 1.165) is 24.9 Å². The van der Waals surface area contributed by atoms with Crippen molar-refractivity contribution in [3.05, 3.63) is 94.1 Å². The monoisotopic (exact) mass is 950 g/mol. The number of aliphatic hydroxyl groups is 1. The van der Waals surface area contributed by atoms with Gasteiger partial charge in [0.05, 0.1) is 70.1 Å². The summed E-state index contributed by atoms with van der Waals surface area (Å²) in [6, 6.07) is 18.3. The number of aliphatic hydroxyl groups excluding tert-OH is 1. The molecule has 0 atom stereocenters. The zero-order valence-corrected chi connectivity index (χ0v) is 39.5. The Morgan fingerprint density at radius 1 is 0.701 bits per heavy atom. The fourth-order valence-electron chi connectivity index (χ4n) is 5.90. The maximum atomic E-state index is 13.1. The van der Waals surface area contributed by atoms with E-state index in [9.17, 15) is 29.4 Å². The van der Waals surface area contributed by atoms with Crippen molar-refractivity contribution in [2.75, 3.05) is 125 Å². The van der Waals surface area contributed by atoms with Gasteiger partial charge in [-0.15, -0.1) is 0 Å². The molecule has 1 aliphatic heterocycles. The summed E-state index contributed by atoms with van der Waals surface area (Å²) in [5.74, 6) is -1.27. The Bertz CT molecular complexity index is 2120. The van der Waals surface area contributed by atoms with Crippen molar-refractivity contribution >= 4 is 64.0 Å². The van der Waals surface area contributed by atoms with Gasteiger partial charge in [-0.3, -0.25) is 15.4 Å². The number of esters is 1. The van der Waals surface area contributed by atoms with Crippen LogP contribution in [0.1, 0.15) is 35.7 Å². The topological polar surface area (TPSA) is 228 Å². The minimum Gasteiger partial charge on any atom is -0.506 e. The fourth-order valence-corrected chi connectivity index (χ4v) is 6.94. The molecule has 3 aromatic rings. The maximum Gasteiger partial charge on any atom is 0.411 e. The fraction of sp³-hybridized carbons (Fsp3) is 0.426. The van der Waals surface area contributed by atoms with E-state index in [1.807, 2.05) is 56.2 Å². The van der Waals surface area contributed by atoms with Crippen molar-refractivity contribution in [2.45, 2.75) is 19.8 Å². The second-order valence-electron chi connectivity index (χ2n) is 15.1. The SMILES string of the molecule is CCOC(=O)C1=C(O)/C(=C/c2ccc(OCCOCCOCCOCCNC(=O)c3cc(NC(=O)OCCCN(C)C)cc(NC(=O)OCCCN(C)C)c3)c(O)c2)SC1=Nc1ccccc1. The van der Waals surface area contributed by atoms with Crippen LogP contribution < -0.4 is 20.7 Å². The van der Waals surface area contributed by atoms with Gasteiger partial charge in [0.25, 0.3) is 5.91 Å². The van der Waals surface area contributed by atoms with Gasteiger partial charge in [-0.2, -0.15) is 0 Å². The molecule has 0 aliphatic carbocycles. The Kier molecular flexibility index (Phi) is 23.5. The summed E-state index contributed by atoms with van der Waals surface area (Å²) in [6.07, 6.45) is 1.53. The van der Waals surface area contributed by atoms with Gasteiger partial charge < -0.3 is 58.5 Å². The van der Waals surface area contributed by atoms with Gasteiger partial charge in [-0.1, -0.05) is 36.0 Å². The van der Waals surface area contributed by atoms with E-state index in [2.05, 4.69) is 20.9 Å². The molecule has 364 valence electrons. The van der Waals surface area contributed by atoms with Crippen LogP contribution in [0.2, 0.25) is 0 Å². The summed E-state index contributed by atoms with van der Waals surface area (Å²) in [4.78, 5) is 59.5. The van der Waals surface area contributed by atoms with Crippen molar-refractivity contribution in [3.8, 4) is 11.5 Å². The standard InChI is InChI=1S/C47H62N6O13S/c1-6-63-45(57)41-42(55)40(67-44(41)49-35-12-8-7-9-13-35)29-33-14-15-39(38(54)28-33)64-27-26-62-25-24-61-23-22-60-21-16-48-43(56)34-30-36(50-46(58)65-19-10-17-52(2)3)32-37(31-34)51-47(59)66-20-11-18-53(4)5/h7-9,12-15,28-32,54-55H,6,10-11,16-27H2,1-5H3,(H,48,56)(H,50,58)(H,51,59)/b40-29-,49-44?. The molecule has 0 radical (unpaired) electrons. The molecule has 0 aromatic heterocycles. The number of nitrogens with one attached hydrogen (secondary N) is 3. The first-order valence-corrected chi connectivity index (χ1v) is 22.6. The largest absolute Gasteiger partial charge is 0.506 e. The molecule has 0 saturated carbocycles. The van der Waals surface area contributed by atoms with Crippen LogP contribution in [-0.4, -0.2) is 163 Å². The van der Waals surface area contributed by atoms with Crippen LogP contribution in [0.3, 0.4) is 0 Å².